The van der Waals surface area contributed by atoms with E-state index in [1.54, 1.807) is 0 Å². The number of ether oxygens (including phenoxy) is 2. The third-order valence-corrected chi connectivity index (χ3v) is 13.1. The molecule has 0 aliphatic rings. The molecule has 0 aliphatic carbocycles. The van der Waals surface area contributed by atoms with Gasteiger partial charge in [0.2, 0.25) is 0 Å². The molecule has 0 aromatic rings. The Morgan fingerprint density at radius 3 is 0.823 bits per heavy atom. The molecule has 0 radical (unpaired) electrons. The lowest BCUT2D eigenvalue weighted by Crippen LogP contribution is -2.29. The highest BCUT2D eigenvalue weighted by Crippen LogP contribution is 2.36. The lowest BCUT2D eigenvalue weighted by Gasteiger charge is -2.18. The topological polar surface area (TPSA) is 119 Å². The van der Waals surface area contributed by atoms with Crippen LogP contribution in [0.4, 0.5) is 0 Å². The molecule has 0 aromatic heterocycles. The first-order chi connectivity index (χ1) is 30.3. The van der Waals surface area contributed by atoms with E-state index in [9.17, 15) is 14.2 Å². The molecule has 2 N–H and O–H groups in total. The fraction of sp³-hybridized carbons (Fsp3) is 0.962. The van der Waals surface area contributed by atoms with Gasteiger partial charge in [0.1, 0.15) is 6.61 Å². The van der Waals surface area contributed by atoms with E-state index in [1.807, 2.05) is 0 Å². The number of carbonyl (C=O) groups excluding carboxylic acids is 2. The fourth-order valence-electron chi connectivity index (χ4n) is 8.56. The fourth-order valence-corrected chi connectivity index (χ4v) is 8.92. The van der Waals surface area contributed by atoms with Crippen molar-refractivity contribution < 1.29 is 37.9 Å². The number of phosphoric acid groups is 1. The summed E-state index contributed by atoms with van der Waals surface area (Å²) in [5.41, 5.74) is 0. The van der Waals surface area contributed by atoms with Crippen molar-refractivity contribution >= 4 is 19.8 Å². The van der Waals surface area contributed by atoms with Crippen molar-refractivity contribution in [2.75, 3.05) is 13.2 Å². The molecular weight excluding hydrogens is 796 g/mol. The van der Waals surface area contributed by atoms with E-state index in [2.05, 4.69) is 18.4 Å². The maximum Gasteiger partial charge on any atom is 0.469 e. The standard InChI is InChI=1S/C53H105O8P/c1-3-5-7-9-11-13-15-17-19-21-23-25-27-29-31-33-35-37-39-41-43-45-47-52(54)59-49-51(50-60-62(56,57)58)61-53(55)48-46-44-42-40-38-36-34-32-30-28-26-24-22-20-18-16-14-12-10-8-6-4-2/h51H,3-50H2,1-2H3,(H2,56,57,58)/t51-/m1/s1. The van der Waals surface area contributed by atoms with Crippen molar-refractivity contribution in [3.63, 3.8) is 0 Å². The molecular formula is C53H105O8P. The largest absolute Gasteiger partial charge is 0.469 e. The van der Waals surface area contributed by atoms with Crippen molar-refractivity contribution in [1.29, 1.82) is 0 Å². The predicted octanol–water partition coefficient (Wildman–Crippen LogP) is 17.5. The summed E-state index contributed by atoms with van der Waals surface area (Å²) in [6.45, 7) is 3.76. The van der Waals surface area contributed by atoms with E-state index < -0.39 is 32.5 Å². The van der Waals surface area contributed by atoms with Crippen LogP contribution in [0.5, 0.6) is 0 Å². The van der Waals surface area contributed by atoms with Crippen LogP contribution in [0, 0.1) is 0 Å². The molecule has 0 saturated carbocycles. The Balaban J connectivity index is 3.72. The molecule has 0 amide bonds. The second kappa shape index (κ2) is 49.5. The average molecular weight is 901 g/mol. The minimum absolute atomic E-state index is 0.221. The molecule has 0 aliphatic heterocycles. The smallest absolute Gasteiger partial charge is 0.462 e. The summed E-state index contributed by atoms with van der Waals surface area (Å²) in [5.74, 6) is -0.858. The van der Waals surface area contributed by atoms with Crippen LogP contribution in [0.1, 0.15) is 309 Å². The molecule has 0 spiro atoms. The minimum Gasteiger partial charge on any atom is -0.462 e. The van der Waals surface area contributed by atoms with Crippen LogP contribution in [0.15, 0.2) is 0 Å². The molecule has 0 fully saturated rings. The summed E-state index contributed by atoms with van der Waals surface area (Å²) in [6, 6.07) is 0. The van der Waals surface area contributed by atoms with Gasteiger partial charge in [-0.25, -0.2) is 4.57 Å². The van der Waals surface area contributed by atoms with Crippen LogP contribution in [-0.4, -0.2) is 41.0 Å². The van der Waals surface area contributed by atoms with Crippen LogP contribution >= 0.6 is 7.82 Å². The highest BCUT2D eigenvalue weighted by atomic mass is 31.2. The second-order valence-electron chi connectivity index (χ2n) is 18.9. The molecule has 0 heterocycles. The van der Waals surface area contributed by atoms with Gasteiger partial charge in [-0.1, -0.05) is 284 Å². The number of unbranched alkanes of at least 4 members (excludes halogenated alkanes) is 42. The van der Waals surface area contributed by atoms with Crippen LogP contribution in [-0.2, 0) is 28.2 Å². The van der Waals surface area contributed by atoms with E-state index in [4.69, 9.17) is 19.3 Å². The first kappa shape index (κ1) is 61.0. The maximum absolute atomic E-state index is 12.5. The zero-order valence-electron chi connectivity index (χ0n) is 41.3. The lowest BCUT2D eigenvalue weighted by atomic mass is 10.0. The van der Waals surface area contributed by atoms with E-state index in [1.165, 1.54) is 244 Å². The number of esters is 2. The predicted molar refractivity (Wildman–Crippen MR) is 263 cm³/mol. The van der Waals surface area contributed by atoms with E-state index in [-0.39, 0.29) is 19.4 Å². The summed E-state index contributed by atoms with van der Waals surface area (Å²) in [5, 5.41) is 0. The SMILES string of the molecule is CCCCCCCCCCCCCCCCCCCCCCCCC(=O)OC[C@H](COP(=O)(O)O)OC(=O)CCCCCCCCCCCCCCCCCCCCCCCC. The third kappa shape index (κ3) is 51.7. The second-order valence-corrected chi connectivity index (χ2v) is 20.2. The normalized spacial score (nSPS) is 12.3. The molecule has 0 aromatic carbocycles. The van der Waals surface area contributed by atoms with Crippen molar-refractivity contribution in [2.24, 2.45) is 0 Å². The maximum atomic E-state index is 12.5. The van der Waals surface area contributed by atoms with Gasteiger partial charge in [0, 0.05) is 12.8 Å². The average Bonchev–Trinajstić information content (AvgIpc) is 3.25. The van der Waals surface area contributed by atoms with Gasteiger partial charge in [-0.3, -0.25) is 14.1 Å². The van der Waals surface area contributed by atoms with Crippen molar-refractivity contribution in [2.45, 2.75) is 315 Å². The molecule has 8 nitrogen and oxygen atoms in total. The molecule has 0 unspecified atom stereocenters. The summed E-state index contributed by atoms with van der Waals surface area (Å²) in [4.78, 5) is 43.2. The van der Waals surface area contributed by atoms with Gasteiger partial charge in [0.05, 0.1) is 6.61 Å². The summed E-state index contributed by atoms with van der Waals surface area (Å²) in [7, 11) is -4.75. The van der Waals surface area contributed by atoms with Crippen molar-refractivity contribution in [3.8, 4) is 0 Å². The highest BCUT2D eigenvalue weighted by Gasteiger charge is 2.23. The van der Waals surface area contributed by atoms with Crippen molar-refractivity contribution in [1.82, 2.24) is 0 Å². The van der Waals surface area contributed by atoms with Crippen molar-refractivity contribution in [3.05, 3.63) is 0 Å². The van der Waals surface area contributed by atoms with E-state index in [0.29, 0.717) is 6.42 Å². The van der Waals surface area contributed by atoms with Gasteiger partial charge in [-0.15, -0.1) is 0 Å². The van der Waals surface area contributed by atoms with Crippen LogP contribution in [0.25, 0.3) is 0 Å². The molecule has 9 heteroatoms. The summed E-state index contributed by atoms with van der Waals surface area (Å²) < 4.78 is 26.6. The molecule has 0 bridgehead atoms. The van der Waals surface area contributed by atoms with Crippen LogP contribution in [0.3, 0.4) is 0 Å². The van der Waals surface area contributed by atoms with E-state index >= 15 is 0 Å². The minimum atomic E-state index is -4.75. The van der Waals surface area contributed by atoms with Gasteiger partial charge in [0.15, 0.2) is 6.10 Å². The molecule has 370 valence electrons. The molecule has 1 atom stereocenters. The van der Waals surface area contributed by atoms with Gasteiger partial charge in [-0.05, 0) is 12.8 Å². The zero-order chi connectivity index (χ0) is 45.3. The molecule has 0 rings (SSSR count). The number of hydrogen-bond acceptors (Lipinski definition) is 6. The number of rotatable bonds is 52. The van der Waals surface area contributed by atoms with Gasteiger partial charge in [0.25, 0.3) is 0 Å². The monoisotopic (exact) mass is 901 g/mol. The quantitative estimate of drug-likeness (QED) is 0.0352. The first-order valence-corrected chi connectivity index (χ1v) is 28.9. The van der Waals surface area contributed by atoms with Crippen LogP contribution < -0.4 is 0 Å². The number of phosphoric ester groups is 1. The number of carbonyl (C=O) groups is 2. The Kier molecular flexibility index (Phi) is 48.7. The Hall–Kier alpha value is -0.950. The Morgan fingerprint density at radius 1 is 0.355 bits per heavy atom. The van der Waals surface area contributed by atoms with Gasteiger partial charge >= 0.3 is 19.8 Å². The lowest BCUT2D eigenvalue weighted by molar-refractivity contribution is -0.161. The molecule has 62 heavy (non-hydrogen) atoms. The Bertz CT molecular complexity index is 971. The first-order valence-electron chi connectivity index (χ1n) is 27.3. The third-order valence-electron chi connectivity index (χ3n) is 12.6. The molecule has 0 saturated heterocycles. The Morgan fingerprint density at radius 2 is 0.581 bits per heavy atom. The summed E-state index contributed by atoms with van der Waals surface area (Å²) >= 11 is 0. The zero-order valence-corrected chi connectivity index (χ0v) is 42.2. The van der Waals surface area contributed by atoms with Crippen LogP contribution in [0.2, 0.25) is 0 Å². The van der Waals surface area contributed by atoms with Gasteiger partial charge < -0.3 is 19.3 Å². The summed E-state index contributed by atoms with van der Waals surface area (Å²) in [6.07, 6.45) is 57.1. The number of hydrogen-bond donors (Lipinski definition) is 2. The van der Waals surface area contributed by atoms with E-state index in [0.717, 1.165) is 32.1 Å². The highest BCUT2D eigenvalue weighted by molar-refractivity contribution is 7.46. The Labute approximate surface area is 385 Å². The van der Waals surface area contributed by atoms with Gasteiger partial charge in [-0.2, -0.15) is 0 Å².